The summed E-state index contributed by atoms with van der Waals surface area (Å²) in [5.74, 6) is 0. The van der Waals surface area contributed by atoms with Crippen molar-refractivity contribution in [2.75, 3.05) is 6.66 Å². The van der Waals surface area contributed by atoms with E-state index in [0.29, 0.717) is 12.1 Å². The Morgan fingerprint density at radius 1 is 0.469 bits per heavy atom. The van der Waals surface area contributed by atoms with Crippen LogP contribution in [0.15, 0.2) is 24.3 Å². The lowest BCUT2D eigenvalue weighted by Gasteiger charge is -2.45. The molecule has 0 aromatic heterocycles. The fourth-order valence-electron chi connectivity index (χ4n) is 7.43. The summed E-state index contributed by atoms with van der Waals surface area (Å²) in [6.45, 7) is 53.6. The average Bonchev–Trinajstić information content (AvgIpc) is 2.83. The molecule has 0 saturated heterocycles. The second-order valence-corrected chi connectivity index (χ2v) is 27.3. The molecule has 1 aliphatic rings. The van der Waals surface area contributed by atoms with E-state index < -0.39 is 14.5 Å². The van der Waals surface area contributed by atoms with Gasteiger partial charge in [0.2, 0.25) is 0 Å². The van der Waals surface area contributed by atoms with Crippen LogP contribution in [0.3, 0.4) is 0 Å². The van der Waals surface area contributed by atoms with Gasteiger partial charge in [0, 0.05) is 12.1 Å². The van der Waals surface area contributed by atoms with E-state index in [0.717, 1.165) is 0 Å². The second-order valence-electron chi connectivity index (χ2n) is 21.8. The molecule has 0 saturated carbocycles. The van der Waals surface area contributed by atoms with Gasteiger partial charge in [-0.2, -0.15) is 0 Å². The van der Waals surface area contributed by atoms with Crippen molar-refractivity contribution in [2.24, 2.45) is 0 Å². The van der Waals surface area contributed by atoms with Gasteiger partial charge in [-0.05, 0) is 119 Å². The van der Waals surface area contributed by atoms with Crippen LogP contribution in [0.5, 0.6) is 0 Å². The summed E-state index contributed by atoms with van der Waals surface area (Å²) in [4.78, 5) is 0. The third-order valence-corrected chi connectivity index (χ3v) is 18.3. The van der Waals surface area contributed by atoms with Crippen LogP contribution in [-0.2, 0) is 37.1 Å². The predicted octanol–water partition coefficient (Wildman–Crippen LogP) is 13.6. The molecule has 4 heteroatoms. The van der Waals surface area contributed by atoms with Crippen LogP contribution in [0, 0.1) is 0 Å². The fourth-order valence-corrected chi connectivity index (χ4v) is 15.5. The zero-order valence-electron chi connectivity index (χ0n) is 36.2. The van der Waals surface area contributed by atoms with Crippen molar-refractivity contribution in [3.63, 3.8) is 0 Å². The lowest BCUT2D eigenvalue weighted by Crippen LogP contribution is -2.38. The van der Waals surface area contributed by atoms with Gasteiger partial charge in [-0.3, -0.25) is 4.67 Å². The highest BCUT2D eigenvalue weighted by Gasteiger charge is 2.48. The topological polar surface area (TPSA) is 20.3 Å². The van der Waals surface area contributed by atoms with Crippen molar-refractivity contribution in [3.05, 3.63) is 68.8 Å². The summed E-state index contributed by atoms with van der Waals surface area (Å²) in [6.07, 6.45) is 0. The van der Waals surface area contributed by atoms with Crippen molar-refractivity contribution in [3.8, 4) is 0 Å². The molecule has 2 aromatic rings. The minimum Gasteiger partial charge on any atom is -0.313 e. The van der Waals surface area contributed by atoms with Crippen molar-refractivity contribution in [2.45, 2.75) is 197 Å². The van der Waals surface area contributed by atoms with Crippen molar-refractivity contribution < 1.29 is 4.57 Å². The maximum atomic E-state index is 16.3. The Morgan fingerprint density at radius 2 is 0.694 bits per heavy atom. The van der Waals surface area contributed by atoms with Gasteiger partial charge in [-0.25, -0.2) is 0 Å². The van der Waals surface area contributed by atoms with E-state index >= 15 is 4.57 Å². The molecule has 2 nitrogen and oxygen atoms in total. The molecule has 0 spiro atoms. The van der Waals surface area contributed by atoms with E-state index in [-0.39, 0.29) is 32.5 Å². The van der Waals surface area contributed by atoms with Crippen LogP contribution in [-0.4, -0.2) is 33.5 Å². The molecule has 0 atom stereocenters. The average molecular weight is 708 g/mol. The molecule has 0 unspecified atom stereocenters. The molecule has 0 amide bonds. The molecule has 0 bridgehead atoms. The monoisotopic (exact) mass is 708 g/mol. The van der Waals surface area contributed by atoms with Crippen LogP contribution >= 0.6 is 14.5 Å². The number of hydrogen-bond acceptors (Lipinski definition) is 2. The molecule has 1 heterocycles. The van der Waals surface area contributed by atoms with E-state index in [1.54, 1.807) is 0 Å². The summed E-state index contributed by atoms with van der Waals surface area (Å²) in [5.41, 5.74) is 10.2. The Morgan fingerprint density at radius 3 is 0.857 bits per heavy atom. The van der Waals surface area contributed by atoms with Crippen LogP contribution in [0.4, 0.5) is 0 Å². The van der Waals surface area contributed by atoms with Crippen LogP contribution in [0.2, 0.25) is 0 Å². The number of hydrogen-bond donors (Lipinski definition) is 0. The van der Waals surface area contributed by atoms with Gasteiger partial charge in [-0.1, -0.05) is 149 Å². The standard InChI is InChI=1S/C45H75NOP2/c1-28(2)46(29(3)4)48-38(36-32(42(11,12)13)24-30(40(5,6)7)25-33(36)43(14,15)16)49(23,47)39(48)37-34(44(17,18)19)26-31(41(8,9)10)27-35(37)45(20,21)22/h24-29H,1-23H3. The molecule has 0 fully saturated rings. The van der Waals surface area contributed by atoms with Gasteiger partial charge in [0.05, 0.1) is 10.1 Å². The molecule has 49 heavy (non-hydrogen) atoms. The zero-order valence-corrected chi connectivity index (χ0v) is 38.0. The van der Waals surface area contributed by atoms with E-state index in [4.69, 9.17) is 0 Å². The maximum Gasteiger partial charge on any atom is 0.151 e. The molecular weight excluding hydrogens is 632 g/mol. The summed E-state index contributed by atoms with van der Waals surface area (Å²) in [5, 5.41) is 2.46. The van der Waals surface area contributed by atoms with Crippen LogP contribution in [0.25, 0.3) is 0 Å². The normalized spacial score (nSPS) is 19.4. The van der Waals surface area contributed by atoms with Gasteiger partial charge in [0.1, 0.15) is 0 Å². The molecule has 2 aromatic carbocycles. The fraction of sp³-hybridized carbons (Fsp3) is 0.689. The van der Waals surface area contributed by atoms with Gasteiger partial charge < -0.3 is 4.57 Å². The minimum absolute atomic E-state index is 0.000657. The first-order chi connectivity index (χ1) is 21.6. The van der Waals surface area contributed by atoms with Crippen molar-refractivity contribution in [1.29, 1.82) is 0 Å². The van der Waals surface area contributed by atoms with Gasteiger partial charge in [0.15, 0.2) is 7.14 Å². The summed E-state index contributed by atoms with van der Waals surface area (Å²) < 4.78 is 19.0. The highest BCUT2D eigenvalue weighted by molar-refractivity contribution is 8.17. The van der Waals surface area contributed by atoms with Crippen LogP contribution < -0.4 is 0 Å². The quantitative estimate of drug-likeness (QED) is 0.288. The zero-order chi connectivity index (χ0) is 38.4. The first-order valence-corrected chi connectivity index (χ1v) is 22.3. The number of rotatable bonds is 5. The Kier molecular flexibility index (Phi) is 11.1. The predicted molar refractivity (Wildman–Crippen MR) is 226 cm³/mol. The Hall–Kier alpha value is -1.33. The molecule has 276 valence electrons. The molecule has 0 radical (unpaired) electrons. The highest BCUT2D eigenvalue weighted by Crippen LogP contribution is 2.68. The summed E-state index contributed by atoms with van der Waals surface area (Å²) in [7, 11) is -4.03. The molecular formula is C45H75NOP2. The third-order valence-electron chi connectivity index (χ3n) is 10.2. The molecule has 1 aliphatic heterocycles. The molecule has 0 aliphatic carbocycles. The molecule has 3 rings (SSSR count). The van der Waals surface area contributed by atoms with Crippen LogP contribution in [0.1, 0.15) is 197 Å². The lowest BCUT2D eigenvalue weighted by atomic mass is 9.72. The SMILES string of the molecule is CC(C)N(C(C)C)P1=C(c2c(C(C)(C)C)cc(C(C)(C)C)cc2C(C)(C)C)P(C)(=O)C=1c1c(C(C)(C)C)cc(C(C)(C)C)cc1C(C)(C)C. The van der Waals surface area contributed by atoms with Gasteiger partial charge in [0.25, 0.3) is 0 Å². The van der Waals surface area contributed by atoms with E-state index in [1.807, 2.05) is 0 Å². The minimum atomic E-state index is -3.00. The van der Waals surface area contributed by atoms with Gasteiger partial charge in [-0.15, -0.1) is 0 Å². The number of benzene rings is 2. The van der Waals surface area contributed by atoms with E-state index in [1.165, 1.54) is 54.6 Å². The first kappa shape index (κ1) is 42.1. The van der Waals surface area contributed by atoms with E-state index in [2.05, 4.69) is 188 Å². The lowest BCUT2D eigenvalue weighted by molar-refractivity contribution is 0.331. The highest BCUT2D eigenvalue weighted by atomic mass is 31.2. The summed E-state index contributed by atoms with van der Waals surface area (Å²) in [6, 6.07) is 10.5. The third kappa shape index (κ3) is 8.18. The Balaban J connectivity index is 2.93. The molecule has 0 N–H and O–H groups in total. The van der Waals surface area contributed by atoms with Crippen molar-refractivity contribution >= 4 is 24.5 Å². The first-order valence-electron chi connectivity index (χ1n) is 18.9. The number of nitrogens with zero attached hydrogens (tertiary/aromatic N) is 1. The Labute approximate surface area is 305 Å². The van der Waals surface area contributed by atoms with E-state index in [9.17, 15) is 0 Å². The Bertz CT molecular complexity index is 1540. The maximum absolute atomic E-state index is 16.3. The van der Waals surface area contributed by atoms with Crippen molar-refractivity contribution in [1.82, 2.24) is 4.67 Å². The summed E-state index contributed by atoms with van der Waals surface area (Å²) >= 11 is 0. The largest absolute Gasteiger partial charge is 0.313 e. The van der Waals surface area contributed by atoms with Gasteiger partial charge >= 0.3 is 0 Å². The smallest absolute Gasteiger partial charge is 0.151 e. The second kappa shape index (κ2) is 13.0.